The average molecular weight is 637 g/mol. The Kier molecular flexibility index (Phi) is 8.15. The highest BCUT2D eigenvalue weighted by atomic mass is 19.2. The zero-order valence-electron chi connectivity index (χ0n) is 25.0. The maximum absolute atomic E-state index is 15.1. The van der Waals surface area contributed by atoms with Crippen molar-refractivity contribution in [1.82, 2.24) is 14.6 Å². The van der Waals surface area contributed by atoms with Crippen LogP contribution in [-0.2, 0) is 0 Å². The SMILES string of the molecule is CCOc1ccc(Oc2cc(Oc3ccc(OCC)c(F)c3F)c3ncc(-c4ccc(C(N)=O)c(C)c4C4CC4)n3n2)c(F)c1F. The Balaban J connectivity index is 1.51. The fourth-order valence-corrected chi connectivity index (χ4v) is 5.30. The molecule has 1 saturated carbocycles. The third kappa shape index (κ3) is 5.52. The maximum Gasteiger partial charge on any atom is 0.248 e. The second-order valence-corrected chi connectivity index (χ2v) is 10.5. The number of aromatic nitrogens is 3. The minimum Gasteiger partial charge on any atom is -0.491 e. The topological polar surface area (TPSA) is 110 Å². The lowest BCUT2D eigenvalue weighted by Gasteiger charge is -2.16. The second-order valence-electron chi connectivity index (χ2n) is 10.5. The molecule has 0 aliphatic heterocycles. The Labute approximate surface area is 260 Å². The van der Waals surface area contributed by atoms with Gasteiger partial charge in [-0.2, -0.15) is 17.6 Å². The number of rotatable bonds is 11. The first-order valence-electron chi connectivity index (χ1n) is 14.5. The van der Waals surface area contributed by atoms with Crippen molar-refractivity contribution in [3.63, 3.8) is 0 Å². The lowest BCUT2D eigenvalue weighted by Crippen LogP contribution is -2.14. The van der Waals surface area contributed by atoms with Gasteiger partial charge in [0.15, 0.2) is 34.4 Å². The summed E-state index contributed by atoms with van der Waals surface area (Å²) in [6, 6.07) is 9.30. The fraction of sp³-hybridized carbons (Fsp3) is 0.242. The molecule has 2 aromatic heterocycles. The second kappa shape index (κ2) is 12.2. The van der Waals surface area contributed by atoms with Crippen LogP contribution in [0.1, 0.15) is 54.1 Å². The van der Waals surface area contributed by atoms with E-state index >= 15 is 8.78 Å². The first kappa shape index (κ1) is 30.7. The van der Waals surface area contributed by atoms with Gasteiger partial charge in [-0.25, -0.2) is 9.50 Å². The minimum atomic E-state index is -1.32. The number of imidazole rings is 1. The van der Waals surface area contributed by atoms with Crippen LogP contribution in [0.4, 0.5) is 17.6 Å². The summed E-state index contributed by atoms with van der Waals surface area (Å²) in [7, 11) is 0. The van der Waals surface area contributed by atoms with E-state index in [9.17, 15) is 13.6 Å². The molecule has 9 nitrogen and oxygen atoms in total. The molecule has 0 spiro atoms. The van der Waals surface area contributed by atoms with Crippen LogP contribution in [-0.4, -0.2) is 33.7 Å². The zero-order chi connectivity index (χ0) is 32.7. The number of primary amides is 1. The van der Waals surface area contributed by atoms with E-state index in [4.69, 9.17) is 24.7 Å². The standard InChI is InChI=1S/C33H28F4N4O5/c1-4-43-21-10-12-23(30(36)28(21)34)45-25-14-26(46-24-13-11-22(44-5-2)29(35)31(24)37)40-41-20(15-39-33(25)41)19-9-8-18(32(38)42)16(3)27(19)17-6-7-17/h8-15,17H,4-7H2,1-3H3,(H2,38,42). The first-order valence-corrected chi connectivity index (χ1v) is 14.5. The summed E-state index contributed by atoms with van der Waals surface area (Å²) in [6.07, 6.45) is 3.29. The van der Waals surface area contributed by atoms with Crippen LogP contribution in [0.3, 0.4) is 0 Å². The van der Waals surface area contributed by atoms with Crippen LogP contribution in [0.25, 0.3) is 16.9 Å². The van der Waals surface area contributed by atoms with E-state index < -0.39 is 40.7 Å². The number of fused-ring (bicyclic) bond motifs is 1. The van der Waals surface area contributed by atoms with Crippen LogP contribution in [0.5, 0.6) is 34.6 Å². The van der Waals surface area contributed by atoms with Crippen molar-refractivity contribution in [2.45, 2.75) is 39.5 Å². The van der Waals surface area contributed by atoms with Crippen molar-refractivity contribution in [3.05, 3.63) is 88.6 Å². The van der Waals surface area contributed by atoms with Gasteiger partial charge in [-0.05, 0) is 81.0 Å². The monoisotopic (exact) mass is 636 g/mol. The molecule has 2 N–H and O–H groups in total. The van der Waals surface area contributed by atoms with Crippen molar-refractivity contribution < 1.29 is 41.3 Å². The van der Waals surface area contributed by atoms with Crippen molar-refractivity contribution in [1.29, 1.82) is 0 Å². The third-order valence-electron chi connectivity index (χ3n) is 7.51. The van der Waals surface area contributed by atoms with Crippen LogP contribution in [0.15, 0.2) is 48.7 Å². The van der Waals surface area contributed by atoms with Crippen molar-refractivity contribution in [3.8, 4) is 45.9 Å². The molecular weight excluding hydrogens is 608 g/mol. The predicted molar refractivity (Wildman–Crippen MR) is 159 cm³/mol. The summed E-state index contributed by atoms with van der Waals surface area (Å²) < 4.78 is 82.5. The molecule has 0 unspecified atom stereocenters. The molecule has 238 valence electrons. The van der Waals surface area contributed by atoms with Gasteiger partial charge in [0.05, 0.1) is 25.1 Å². The van der Waals surface area contributed by atoms with E-state index in [1.807, 2.05) is 6.92 Å². The van der Waals surface area contributed by atoms with Gasteiger partial charge in [0.2, 0.25) is 35.1 Å². The molecule has 1 aliphatic rings. The fourth-order valence-electron chi connectivity index (χ4n) is 5.30. The minimum absolute atomic E-state index is 0.0766. The average Bonchev–Trinajstić information content (AvgIpc) is 3.78. The number of halogens is 4. The molecule has 5 aromatic rings. The van der Waals surface area contributed by atoms with E-state index in [0.29, 0.717) is 22.4 Å². The highest BCUT2D eigenvalue weighted by Crippen LogP contribution is 2.47. The molecule has 3 aromatic carbocycles. The van der Waals surface area contributed by atoms with E-state index in [1.54, 1.807) is 26.0 Å². The zero-order valence-corrected chi connectivity index (χ0v) is 25.0. The maximum atomic E-state index is 15.1. The highest BCUT2D eigenvalue weighted by Gasteiger charge is 2.31. The predicted octanol–water partition coefficient (Wildman–Crippen LogP) is 7.62. The molecule has 0 atom stereocenters. The number of carbonyl (C=O) groups is 1. The van der Waals surface area contributed by atoms with Gasteiger partial charge in [0.1, 0.15) is 0 Å². The lowest BCUT2D eigenvalue weighted by molar-refractivity contribution is 0.0999. The molecule has 0 saturated heterocycles. The summed E-state index contributed by atoms with van der Waals surface area (Å²) in [4.78, 5) is 16.6. The molecular formula is C33H28F4N4O5. The number of nitrogens with zero attached hydrogens (tertiary/aromatic N) is 3. The Hall–Kier alpha value is -5.33. The first-order chi connectivity index (χ1) is 22.1. The van der Waals surface area contributed by atoms with E-state index in [2.05, 4.69) is 10.1 Å². The van der Waals surface area contributed by atoms with Gasteiger partial charge < -0.3 is 24.7 Å². The molecule has 6 rings (SSSR count). The number of nitrogens with two attached hydrogens (primary N) is 1. The highest BCUT2D eigenvalue weighted by molar-refractivity contribution is 5.95. The van der Waals surface area contributed by atoms with Gasteiger partial charge in [-0.15, -0.1) is 5.10 Å². The Morgan fingerprint density at radius 3 is 1.98 bits per heavy atom. The Morgan fingerprint density at radius 1 is 0.848 bits per heavy atom. The van der Waals surface area contributed by atoms with E-state index in [0.717, 1.165) is 18.4 Å². The lowest BCUT2D eigenvalue weighted by atomic mass is 9.92. The largest absolute Gasteiger partial charge is 0.491 e. The van der Waals surface area contributed by atoms with Crippen molar-refractivity contribution in [2.75, 3.05) is 13.2 Å². The Morgan fingerprint density at radius 2 is 1.41 bits per heavy atom. The van der Waals surface area contributed by atoms with Gasteiger partial charge in [-0.3, -0.25) is 4.79 Å². The Bertz CT molecular complexity index is 1990. The molecule has 1 aliphatic carbocycles. The van der Waals surface area contributed by atoms with Crippen LogP contribution >= 0.6 is 0 Å². The number of amides is 1. The number of hydrogen-bond donors (Lipinski definition) is 1. The number of hydrogen-bond acceptors (Lipinski definition) is 7. The summed E-state index contributed by atoms with van der Waals surface area (Å²) in [5.74, 6) is -7.58. The van der Waals surface area contributed by atoms with E-state index in [1.165, 1.54) is 41.0 Å². The van der Waals surface area contributed by atoms with Gasteiger partial charge >= 0.3 is 0 Å². The number of carbonyl (C=O) groups excluding carboxylic acids is 1. The third-order valence-corrected chi connectivity index (χ3v) is 7.51. The van der Waals surface area contributed by atoms with Crippen molar-refractivity contribution >= 4 is 11.6 Å². The molecule has 0 radical (unpaired) electrons. The van der Waals surface area contributed by atoms with Gasteiger partial charge in [-0.1, -0.05) is 6.07 Å². The normalized spacial score (nSPS) is 12.8. The smallest absolute Gasteiger partial charge is 0.248 e. The number of ether oxygens (including phenoxy) is 4. The molecule has 1 amide bonds. The van der Waals surface area contributed by atoms with Crippen LogP contribution in [0.2, 0.25) is 0 Å². The van der Waals surface area contributed by atoms with E-state index in [-0.39, 0.29) is 47.9 Å². The molecule has 13 heteroatoms. The van der Waals surface area contributed by atoms with Gasteiger partial charge in [0.25, 0.3) is 0 Å². The summed E-state index contributed by atoms with van der Waals surface area (Å²) in [5.41, 5.74) is 8.78. The number of benzene rings is 3. The van der Waals surface area contributed by atoms with Gasteiger partial charge in [0, 0.05) is 17.2 Å². The summed E-state index contributed by atoms with van der Waals surface area (Å²) in [5, 5.41) is 4.48. The quantitative estimate of drug-likeness (QED) is 0.149. The summed E-state index contributed by atoms with van der Waals surface area (Å²) in [6.45, 7) is 5.30. The van der Waals surface area contributed by atoms with Crippen LogP contribution < -0.4 is 24.7 Å². The van der Waals surface area contributed by atoms with Crippen LogP contribution in [0, 0.1) is 30.2 Å². The van der Waals surface area contributed by atoms with Crippen molar-refractivity contribution in [2.24, 2.45) is 5.73 Å². The molecule has 1 fully saturated rings. The molecule has 0 bridgehead atoms. The molecule has 46 heavy (non-hydrogen) atoms. The summed E-state index contributed by atoms with van der Waals surface area (Å²) >= 11 is 0. The molecule has 2 heterocycles.